The maximum absolute atomic E-state index is 12.5. The SMILES string of the molecule is CCc1nc(CC(F)(F)F)nc(CC)c1CCNC1CC1. The highest BCUT2D eigenvalue weighted by Gasteiger charge is 2.30. The number of aromatic nitrogens is 2. The third-order valence-corrected chi connectivity index (χ3v) is 3.64. The minimum absolute atomic E-state index is 0.102. The van der Waals surface area contributed by atoms with Crippen molar-refractivity contribution in [3.63, 3.8) is 0 Å². The minimum Gasteiger partial charge on any atom is -0.314 e. The molecular weight excluding hydrogens is 279 g/mol. The zero-order valence-corrected chi connectivity index (χ0v) is 12.6. The maximum atomic E-state index is 12.5. The fourth-order valence-electron chi connectivity index (χ4n) is 2.46. The number of nitrogens with one attached hydrogen (secondary N) is 1. The van der Waals surface area contributed by atoms with Crippen LogP contribution in [0, 0.1) is 0 Å². The van der Waals surface area contributed by atoms with Crippen molar-refractivity contribution in [2.45, 2.75) is 64.6 Å². The number of nitrogens with zero attached hydrogens (tertiary/aromatic N) is 2. The first-order valence-electron chi connectivity index (χ1n) is 7.60. The van der Waals surface area contributed by atoms with E-state index >= 15 is 0 Å². The Kier molecular flexibility index (Phi) is 5.19. The van der Waals surface area contributed by atoms with Gasteiger partial charge in [-0.25, -0.2) is 9.97 Å². The zero-order chi connectivity index (χ0) is 15.5. The second kappa shape index (κ2) is 6.73. The second-order valence-corrected chi connectivity index (χ2v) is 5.49. The Hall–Kier alpha value is -1.17. The van der Waals surface area contributed by atoms with Crippen LogP contribution in [-0.2, 0) is 25.7 Å². The molecule has 0 bridgehead atoms. The Morgan fingerprint density at radius 1 is 1.10 bits per heavy atom. The summed E-state index contributed by atoms with van der Waals surface area (Å²) in [6.07, 6.45) is -0.795. The van der Waals surface area contributed by atoms with Gasteiger partial charge in [0.25, 0.3) is 0 Å². The number of hydrogen-bond acceptors (Lipinski definition) is 3. The lowest BCUT2D eigenvalue weighted by Gasteiger charge is -2.15. The molecule has 0 saturated heterocycles. The summed E-state index contributed by atoms with van der Waals surface area (Å²) in [5.41, 5.74) is 2.55. The van der Waals surface area contributed by atoms with Gasteiger partial charge in [-0.1, -0.05) is 13.8 Å². The quantitative estimate of drug-likeness (QED) is 0.841. The molecular formula is C15H22F3N3. The molecule has 2 rings (SSSR count). The molecule has 1 N–H and O–H groups in total. The maximum Gasteiger partial charge on any atom is 0.396 e. The van der Waals surface area contributed by atoms with E-state index in [0.717, 1.165) is 29.9 Å². The van der Waals surface area contributed by atoms with Gasteiger partial charge in [0.2, 0.25) is 0 Å². The van der Waals surface area contributed by atoms with Crippen LogP contribution in [0.2, 0.25) is 0 Å². The van der Waals surface area contributed by atoms with Crippen molar-refractivity contribution < 1.29 is 13.2 Å². The van der Waals surface area contributed by atoms with Crippen LogP contribution in [0.25, 0.3) is 0 Å². The lowest BCUT2D eigenvalue weighted by atomic mass is 10.0. The van der Waals surface area contributed by atoms with E-state index in [1.807, 2.05) is 13.8 Å². The molecule has 1 saturated carbocycles. The van der Waals surface area contributed by atoms with Gasteiger partial charge in [0, 0.05) is 17.4 Å². The Balaban J connectivity index is 2.16. The third-order valence-electron chi connectivity index (χ3n) is 3.64. The Morgan fingerprint density at radius 2 is 1.67 bits per heavy atom. The van der Waals surface area contributed by atoms with Crippen LogP contribution in [0.15, 0.2) is 0 Å². The van der Waals surface area contributed by atoms with Crippen LogP contribution >= 0.6 is 0 Å². The molecule has 0 spiro atoms. The lowest BCUT2D eigenvalue weighted by Crippen LogP contribution is -2.22. The van der Waals surface area contributed by atoms with E-state index in [2.05, 4.69) is 15.3 Å². The highest BCUT2D eigenvalue weighted by Crippen LogP contribution is 2.22. The number of alkyl halides is 3. The number of aryl methyl sites for hydroxylation is 2. The topological polar surface area (TPSA) is 37.8 Å². The third kappa shape index (κ3) is 4.95. The molecule has 1 aromatic rings. The summed E-state index contributed by atoms with van der Waals surface area (Å²) in [5, 5.41) is 3.42. The molecule has 1 aromatic heterocycles. The van der Waals surface area contributed by atoms with Crippen molar-refractivity contribution in [2.75, 3.05) is 6.54 Å². The predicted molar refractivity (Wildman–Crippen MR) is 75.3 cm³/mol. The van der Waals surface area contributed by atoms with Crippen LogP contribution in [0.4, 0.5) is 13.2 Å². The van der Waals surface area contributed by atoms with Gasteiger partial charge in [-0.05, 0) is 44.2 Å². The van der Waals surface area contributed by atoms with E-state index in [1.165, 1.54) is 12.8 Å². The Bertz CT molecular complexity index is 457. The van der Waals surface area contributed by atoms with Gasteiger partial charge in [-0.15, -0.1) is 0 Å². The fourth-order valence-corrected chi connectivity index (χ4v) is 2.46. The molecule has 0 aromatic carbocycles. The summed E-state index contributed by atoms with van der Waals surface area (Å²) < 4.78 is 37.6. The highest BCUT2D eigenvalue weighted by atomic mass is 19.4. The van der Waals surface area contributed by atoms with Crippen molar-refractivity contribution in [2.24, 2.45) is 0 Å². The molecule has 1 heterocycles. The van der Waals surface area contributed by atoms with Crippen LogP contribution < -0.4 is 5.32 Å². The molecule has 0 aliphatic heterocycles. The summed E-state index contributed by atoms with van der Waals surface area (Å²) in [4.78, 5) is 8.28. The molecule has 1 aliphatic carbocycles. The van der Waals surface area contributed by atoms with E-state index in [-0.39, 0.29) is 5.82 Å². The van der Waals surface area contributed by atoms with Gasteiger partial charge < -0.3 is 5.32 Å². The predicted octanol–water partition coefficient (Wildman–Crippen LogP) is 3.00. The summed E-state index contributed by atoms with van der Waals surface area (Å²) in [6, 6.07) is 0.630. The van der Waals surface area contributed by atoms with Gasteiger partial charge in [0.15, 0.2) is 0 Å². The van der Waals surface area contributed by atoms with Gasteiger partial charge in [-0.3, -0.25) is 0 Å². The normalized spacial score (nSPS) is 15.5. The lowest BCUT2D eigenvalue weighted by molar-refractivity contribution is -0.128. The zero-order valence-electron chi connectivity index (χ0n) is 12.6. The molecule has 1 fully saturated rings. The Morgan fingerprint density at radius 3 is 2.10 bits per heavy atom. The number of rotatable bonds is 7. The largest absolute Gasteiger partial charge is 0.396 e. The van der Waals surface area contributed by atoms with Crippen molar-refractivity contribution in [3.8, 4) is 0 Å². The second-order valence-electron chi connectivity index (χ2n) is 5.49. The van der Waals surface area contributed by atoms with E-state index in [4.69, 9.17) is 0 Å². The molecule has 118 valence electrons. The standard InChI is InChI=1S/C15H22F3N3/c1-3-12-11(7-8-19-10-5-6-10)13(4-2)21-14(20-12)9-15(16,17)18/h10,19H,3-9H2,1-2H3. The number of hydrogen-bond donors (Lipinski definition) is 1. The number of halogens is 3. The summed E-state index contributed by atoms with van der Waals surface area (Å²) in [6.45, 7) is 4.70. The van der Waals surface area contributed by atoms with Crippen molar-refractivity contribution in [1.82, 2.24) is 15.3 Å². The molecule has 3 nitrogen and oxygen atoms in total. The monoisotopic (exact) mass is 301 g/mol. The minimum atomic E-state index is -4.26. The van der Waals surface area contributed by atoms with Gasteiger partial charge >= 0.3 is 6.18 Å². The van der Waals surface area contributed by atoms with Gasteiger partial charge in [0.05, 0.1) is 0 Å². The summed E-state index contributed by atoms with van der Waals surface area (Å²) >= 11 is 0. The first kappa shape index (κ1) is 16.2. The molecule has 0 unspecified atom stereocenters. The van der Waals surface area contributed by atoms with Gasteiger partial charge in [-0.2, -0.15) is 13.2 Å². The van der Waals surface area contributed by atoms with Crippen LogP contribution in [0.3, 0.4) is 0 Å². The molecule has 0 atom stereocenters. The van der Waals surface area contributed by atoms with Crippen LogP contribution in [0.5, 0.6) is 0 Å². The molecule has 0 radical (unpaired) electrons. The summed E-state index contributed by atoms with van der Waals surface area (Å²) in [5.74, 6) is -0.102. The van der Waals surface area contributed by atoms with Crippen LogP contribution in [0.1, 0.15) is 49.5 Å². The average Bonchev–Trinajstić information content (AvgIpc) is 3.21. The van der Waals surface area contributed by atoms with E-state index in [9.17, 15) is 13.2 Å². The molecule has 6 heteroatoms. The highest BCUT2D eigenvalue weighted by molar-refractivity contribution is 5.27. The van der Waals surface area contributed by atoms with Crippen molar-refractivity contribution in [3.05, 3.63) is 22.8 Å². The molecule has 0 amide bonds. The first-order chi connectivity index (χ1) is 9.93. The van der Waals surface area contributed by atoms with E-state index in [1.54, 1.807) is 0 Å². The van der Waals surface area contributed by atoms with Crippen molar-refractivity contribution in [1.29, 1.82) is 0 Å². The van der Waals surface area contributed by atoms with Gasteiger partial charge in [0.1, 0.15) is 12.2 Å². The first-order valence-corrected chi connectivity index (χ1v) is 7.60. The van der Waals surface area contributed by atoms with E-state index < -0.39 is 12.6 Å². The fraction of sp³-hybridized carbons (Fsp3) is 0.733. The molecule has 1 aliphatic rings. The summed E-state index contributed by atoms with van der Waals surface area (Å²) in [7, 11) is 0. The Labute approximate surface area is 123 Å². The molecule has 21 heavy (non-hydrogen) atoms. The van der Waals surface area contributed by atoms with Crippen LogP contribution in [-0.4, -0.2) is 28.7 Å². The van der Waals surface area contributed by atoms with E-state index in [0.29, 0.717) is 18.9 Å². The van der Waals surface area contributed by atoms with Crippen molar-refractivity contribution >= 4 is 0 Å². The average molecular weight is 301 g/mol. The smallest absolute Gasteiger partial charge is 0.314 e.